The Morgan fingerprint density at radius 3 is 2.62 bits per heavy atom. The van der Waals surface area contributed by atoms with Crippen molar-refractivity contribution in [1.82, 2.24) is 5.32 Å². The third-order valence-corrected chi connectivity index (χ3v) is 3.30. The van der Waals surface area contributed by atoms with Crippen LogP contribution in [0.3, 0.4) is 0 Å². The van der Waals surface area contributed by atoms with Crippen molar-refractivity contribution in [3.8, 4) is 0 Å². The summed E-state index contributed by atoms with van der Waals surface area (Å²) >= 11 is 6.12. The van der Waals surface area contributed by atoms with Gasteiger partial charge in [-0.3, -0.25) is 0 Å². The quantitative estimate of drug-likeness (QED) is 0.849. The van der Waals surface area contributed by atoms with Gasteiger partial charge in [0, 0.05) is 11.1 Å². The number of nitrogens with one attached hydrogen (secondary N) is 1. The highest BCUT2D eigenvalue weighted by Gasteiger charge is 2.25. The molecule has 0 heterocycles. The SMILES string of the molecule is CNC(C)CC(C)(C)c1cc(F)ccc1Cl. The van der Waals surface area contributed by atoms with Crippen molar-refractivity contribution in [2.75, 3.05) is 7.05 Å². The van der Waals surface area contributed by atoms with Crippen LogP contribution in [-0.2, 0) is 5.41 Å². The van der Waals surface area contributed by atoms with Crippen LogP contribution in [0.15, 0.2) is 18.2 Å². The van der Waals surface area contributed by atoms with Gasteiger partial charge in [0.2, 0.25) is 0 Å². The highest BCUT2D eigenvalue weighted by molar-refractivity contribution is 6.31. The zero-order valence-corrected chi connectivity index (χ0v) is 11.0. The molecular formula is C13H19ClFN. The number of hydrogen-bond donors (Lipinski definition) is 1. The van der Waals surface area contributed by atoms with Crippen molar-refractivity contribution in [2.45, 2.75) is 38.6 Å². The lowest BCUT2D eigenvalue weighted by Gasteiger charge is -2.29. The van der Waals surface area contributed by atoms with E-state index in [1.807, 2.05) is 7.05 Å². The number of rotatable bonds is 4. The summed E-state index contributed by atoms with van der Waals surface area (Å²) in [5.74, 6) is -0.232. The molecule has 1 aromatic rings. The average molecular weight is 244 g/mol. The maximum atomic E-state index is 13.2. The molecule has 1 rings (SSSR count). The van der Waals surface area contributed by atoms with E-state index in [0.717, 1.165) is 12.0 Å². The minimum Gasteiger partial charge on any atom is -0.317 e. The third-order valence-electron chi connectivity index (χ3n) is 2.97. The molecule has 1 N–H and O–H groups in total. The topological polar surface area (TPSA) is 12.0 Å². The van der Waals surface area contributed by atoms with Gasteiger partial charge in [0.05, 0.1) is 0 Å². The smallest absolute Gasteiger partial charge is 0.123 e. The molecule has 1 aromatic carbocycles. The Labute approximate surface area is 102 Å². The van der Waals surface area contributed by atoms with Gasteiger partial charge in [0.15, 0.2) is 0 Å². The Hall–Kier alpha value is -0.600. The van der Waals surface area contributed by atoms with Crippen molar-refractivity contribution < 1.29 is 4.39 Å². The van der Waals surface area contributed by atoms with Crippen molar-refractivity contribution in [1.29, 1.82) is 0 Å². The molecule has 0 fully saturated rings. The maximum Gasteiger partial charge on any atom is 0.123 e. The van der Waals surface area contributed by atoms with Gasteiger partial charge in [0.25, 0.3) is 0 Å². The molecule has 0 saturated heterocycles. The number of benzene rings is 1. The first-order chi connectivity index (χ1) is 7.36. The molecule has 0 aliphatic rings. The summed E-state index contributed by atoms with van der Waals surface area (Å²) in [4.78, 5) is 0. The lowest BCUT2D eigenvalue weighted by atomic mass is 9.79. The zero-order valence-electron chi connectivity index (χ0n) is 10.3. The molecule has 90 valence electrons. The Balaban J connectivity index is 3.01. The van der Waals surface area contributed by atoms with Crippen molar-refractivity contribution >= 4 is 11.6 Å². The molecule has 1 atom stereocenters. The molecule has 16 heavy (non-hydrogen) atoms. The first-order valence-corrected chi connectivity index (χ1v) is 5.87. The highest BCUT2D eigenvalue weighted by Crippen LogP contribution is 2.34. The first-order valence-electron chi connectivity index (χ1n) is 5.49. The van der Waals surface area contributed by atoms with Crippen molar-refractivity contribution in [2.24, 2.45) is 0 Å². The Morgan fingerprint density at radius 2 is 2.06 bits per heavy atom. The minimum atomic E-state index is -0.232. The molecule has 0 bridgehead atoms. The van der Waals surface area contributed by atoms with Crippen LogP contribution in [0.2, 0.25) is 5.02 Å². The van der Waals surface area contributed by atoms with Crippen LogP contribution in [-0.4, -0.2) is 13.1 Å². The van der Waals surface area contributed by atoms with E-state index in [1.54, 1.807) is 6.07 Å². The molecular weight excluding hydrogens is 225 g/mol. The normalized spacial score (nSPS) is 13.9. The second kappa shape index (κ2) is 5.15. The zero-order chi connectivity index (χ0) is 12.3. The van der Waals surface area contributed by atoms with Gasteiger partial charge in [-0.25, -0.2) is 4.39 Å². The number of hydrogen-bond acceptors (Lipinski definition) is 1. The molecule has 0 amide bonds. The molecule has 0 saturated carbocycles. The van der Waals surface area contributed by atoms with E-state index in [2.05, 4.69) is 26.1 Å². The molecule has 0 aliphatic carbocycles. The Bertz CT molecular complexity index is 363. The van der Waals surface area contributed by atoms with E-state index in [-0.39, 0.29) is 11.2 Å². The van der Waals surface area contributed by atoms with Crippen molar-refractivity contribution in [3.05, 3.63) is 34.6 Å². The van der Waals surface area contributed by atoms with Crippen LogP contribution in [0.1, 0.15) is 32.8 Å². The fourth-order valence-corrected chi connectivity index (χ4v) is 2.37. The lowest BCUT2D eigenvalue weighted by Crippen LogP contribution is -2.31. The second-order valence-corrected chi connectivity index (χ2v) is 5.31. The van der Waals surface area contributed by atoms with Crippen molar-refractivity contribution in [3.63, 3.8) is 0 Å². The van der Waals surface area contributed by atoms with E-state index >= 15 is 0 Å². The molecule has 3 heteroatoms. The summed E-state index contributed by atoms with van der Waals surface area (Å²) in [6.45, 7) is 6.28. The van der Waals surface area contributed by atoms with Crippen LogP contribution in [0.25, 0.3) is 0 Å². The third kappa shape index (κ3) is 3.19. The van der Waals surface area contributed by atoms with E-state index in [1.165, 1.54) is 12.1 Å². The highest BCUT2D eigenvalue weighted by atomic mass is 35.5. The summed E-state index contributed by atoms with van der Waals surface area (Å²) < 4.78 is 13.2. The van der Waals surface area contributed by atoms with E-state index in [4.69, 9.17) is 11.6 Å². The Kier molecular flexibility index (Phi) is 4.34. The molecule has 0 radical (unpaired) electrons. The summed E-state index contributed by atoms with van der Waals surface area (Å²) in [7, 11) is 1.92. The maximum absolute atomic E-state index is 13.2. The monoisotopic (exact) mass is 243 g/mol. The predicted molar refractivity (Wildman–Crippen MR) is 67.6 cm³/mol. The van der Waals surface area contributed by atoms with Gasteiger partial charge < -0.3 is 5.32 Å². The predicted octanol–water partition coefficient (Wildman–Crippen LogP) is 3.75. The summed E-state index contributed by atoms with van der Waals surface area (Å²) in [6, 6.07) is 4.92. The number of halogens is 2. The van der Waals surface area contributed by atoms with Gasteiger partial charge in [-0.2, -0.15) is 0 Å². The van der Waals surface area contributed by atoms with Crippen LogP contribution < -0.4 is 5.32 Å². The molecule has 0 spiro atoms. The largest absolute Gasteiger partial charge is 0.317 e. The van der Waals surface area contributed by atoms with Gasteiger partial charge in [-0.1, -0.05) is 25.4 Å². The molecule has 1 nitrogen and oxygen atoms in total. The average Bonchev–Trinajstić information content (AvgIpc) is 2.20. The fraction of sp³-hybridized carbons (Fsp3) is 0.538. The first kappa shape index (κ1) is 13.5. The van der Waals surface area contributed by atoms with Gasteiger partial charge in [-0.15, -0.1) is 0 Å². The van der Waals surface area contributed by atoms with Gasteiger partial charge in [-0.05, 0) is 49.6 Å². The van der Waals surface area contributed by atoms with Crippen LogP contribution in [0.5, 0.6) is 0 Å². The summed E-state index contributed by atoms with van der Waals surface area (Å²) in [5, 5.41) is 3.82. The molecule has 0 aliphatic heterocycles. The molecule has 1 unspecified atom stereocenters. The van der Waals surface area contributed by atoms with E-state index < -0.39 is 0 Å². The van der Waals surface area contributed by atoms with Crippen LogP contribution in [0, 0.1) is 5.82 Å². The minimum absolute atomic E-state index is 0.137. The van der Waals surface area contributed by atoms with Gasteiger partial charge in [0.1, 0.15) is 5.82 Å². The van der Waals surface area contributed by atoms with Crippen LogP contribution >= 0.6 is 11.6 Å². The van der Waals surface area contributed by atoms with E-state index in [0.29, 0.717) is 11.1 Å². The lowest BCUT2D eigenvalue weighted by molar-refractivity contribution is 0.403. The standard InChI is InChI=1S/C13H19ClFN/c1-9(16-4)8-13(2,3)11-7-10(15)5-6-12(11)14/h5-7,9,16H,8H2,1-4H3. The molecule has 0 aromatic heterocycles. The van der Waals surface area contributed by atoms with Crippen LogP contribution in [0.4, 0.5) is 4.39 Å². The summed E-state index contributed by atoms with van der Waals surface area (Å²) in [6.07, 6.45) is 0.909. The van der Waals surface area contributed by atoms with Gasteiger partial charge >= 0.3 is 0 Å². The fourth-order valence-electron chi connectivity index (χ4n) is 1.99. The second-order valence-electron chi connectivity index (χ2n) is 4.90. The Morgan fingerprint density at radius 1 is 1.44 bits per heavy atom. The van der Waals surface area contributed by atoms with E-state index in [9.17, 15) is 4.39 Å². The summed E-state index contributed by atoms with van der Waals surface area (Å²) in [5.41, 5.74) is 0.734.